The van der Waals surface area contributed by atoms with Crippen molar-refractivity contribution >= 4 is 11.6 Å². The van der Waals surface area contributed by atoms with Crippen LogP contribution < -0.4 is 0 Å². The van der Waals surface area contributed by atoms with Crippen LogP contribution in [0.2, 0.25) is 0 Å². The number of pyridine rings is 1. The molecule has 3 rings (SSSR count). The number of aryl methyl sites for hydroxylation is 2. The average molecular weight is 285 g/mol. The number of carbonyl (C=O) groups is 1. The summed E-state index contributed by atoms with van der Waals surface area (Å²) < 4.78 is 1.97. The Hall–Kier alpha value is -1.84. The zero-order valence-electron chi connectivity index (χ0n) is 13.1. The molecule has 1 atom stereocenters. The lowest BCUT2D eigenvalue weighted by atomic mass is 10.00. The summed E-state index contributed by atoms with van der Waals surface area (Å²) in [4.78, 5) is 19.7. The number of piperidine rings is 1. The van der Waals surface area contributed by atoms with Crippen molar-refractivity contribution in [3.05, 3.63) is 35.3 Å². The maximum Gasteiger partial charge on any atom is 0.272 e. The molecule has 2 aromatic heterocycles. The second kappa shape index (κ2) is 5.51. The highest BCUT2D eigenvalue weighted by molar-refractivity contribution is 5.95. The fraction of sp³-hybridized carbons (Fsp3) is 0.529. The molecule has 2 aromatic rings. The summed E-state index contributed by atoms with van der Waals surface area (Å²) in [7, 11) is 0. The normalized spacial score (nSPS) is 19.2. The molecule has 3 heterocycles. The third-order valence-corrected chi connectivity index (χ3v) is 4.40. The third kappa shape index (κ3) is 2.43. The van der Waals surface area contributed by atoms with Gasteiger partial charge in [-0.3, -0.25) is 9.20 Å². The minimum Gasteiger partial charge on any atom is -0.337 e. The lowest BCUT2D eigenvalue weighted by Gasteiger charge is -2.31. The summed E-state index contributed by atoms with van der Waals surface area (Å²) in [6.07, 6.45) is 5.06. The van der Waals surface area contributed by atoms with Crippen LogP contribution in [-0.2, 0) is 6.42 Å². The van der Waals surface area contributed by atoms with Gasteiger partial charge >= 0.3 is 0 Å². The minimum atomic E-state index is 0.136. The molecule has 21 heavy (non-hydrogen) atoms. The van der Waals surface area contributed by atoms with Gasteiger partial charge in [-0.1, -0.05) is 19.9 Å². The Balaban J connectivity index is 2.06. The van der Waals surface area contributed by atoms with Crippen molar-refractivity contribution in [3.63, 3.8) is 0 Å². The first-order valence-electron chi connectivity index (χ1n) is 7.87. The number of nitrogens with zero attached hydrogens (tertiary/aromatic N) is 3. The van der Waals surface area contributed by atoms with Crippen molar-refractivity contribution in [2.24, 2.45) is 5.92 Å². The molecule has 0 N–H and O–H groups in total. The topological polar surface area (TPSA) is 37.6 Å². The van der Waals surface area contributed by atoms with E-state index in [1.807, 2.05) is 34.6 Å². The molecular formula is C17H23N3O. The van der Waals surface area contributed by atoms with Crippen LogP contribution in [0, 0.1) is 12.8 Å². The SMILES string of the molecule is CCc1nc2c(C)cccn2c1C(=O)N1CCCC(C)C1. The lowest BCUT2D eigenvalue weighted by Crippen LogP contribution is -2.40. The molecule has 1 saturated heterocycles. The van der Waals surface area contributed by atoms with Gasteiger partial charge in [0.1, 0.15) is 11.3 Å². The smallest absolute Gasteiger partial charge is 0.272 e. The van der Waals surface area contributed by atoms with Gasteiger partial charge < -0.3 is 4.90 Å². The second-order valence-electron chi connectivity index (χ2n) is 6.14. The van der Waals surface area contributed by atoms with Gasteiger partial charge in [-0.05, 0) is 43.7 Å². The molecule has 4 heteroatoms. The molecule has 0 aromatic carbocycles. The van der Waals surface area contributed by atoms with E-state index >= 15 is 0 Å². The molecule has 1 unspecified atom stereocenters. The van der Waals surface area contributed by atoms with E-state index in [9.17, 15) is 4.79 Å². The second-order valence-corrected chi connectivity index (χ2v) is 6.14. The summed E-state index contributed by atoms with van der Waals surface area (Å²) in [6, 6.07) is 4.03. The van der Waals surface area contributed by atoms with Gasteiger partial charge in [0.25, 0.3) is 5.91 Å². The molecular weight excluding hydrogens is 262 g/mol. The number of amides is 1. The number of carbonyl (C=O) groups excluding carboxylic acids is 1. The van der Waals surface area contributed by atoms with E-state index in [0.717, 1.165) is 48.5 Å². The first-order valence-corrected chi connectivity index (χ1v) is 7.87. The number of hydrogen-bond acceptors (Lipinski definition) is 2. The summed E-state index contributed by atoms with van der Waals surface area (Å²) in [5.41, 5.74) is 3.68. The monoisotopic (exact) mass is 285 g/mol. The fourth-order valence-corrected chi connectivity index (χ4v) is 3.25. The van der Waals surface area contributed by atoms with Gasteiger partial charge in [0.05, 0.1) is 5.69 Å². The Labute approximate surface area is 125 Å². The van der Waals surface area contributed by atoms with Gasteiger partial charge in [0, 0.05) is 19.3 Å². The number of hydrogen-bond donors (Lipinski definition) is 0. The first-order chi connectivity index (χ1) is 10.1. The van der Waals surface area contributed by atoms with Crippen LogP contribution in [0.3, 0.4) is 0 Å². The van der Waals surface area contributed by atoms with Crippen LogP contribution >= 0.6 is 0 Å². The van der Waals surface area contributed by atoms with E-state index in [-0.39, 0.29) is 5.91 Å². The Morgan fingerprint density at radius 1 is 1.48 bits per heavy atom. The quantitative estimate of drug-likeness (QED) is 0.850. The van der Waals surface area contributed by atoms with E-state index in [2.05, 4.69) is 18.8 Å². The zero-order valence-corrected chi connectivity index (χ0v) is 13.1. The van der Waals surface area contributed by atoms with Crippen LogP contribution in [0.15, 0.2) is 18.3 Å². The summed E-state index contributed by atoms with van der Waals surface area (Å²) in [5, 5.41) is 0. The molecule has 112 valence electrons. The maximum atomic E-state index is 13.0. The summed E-state index contributed by atoms with van der Waals surface area (Å²) >= 11 is 0. The Morgan fingerprint density at radius 3 is 3.00 bits per heavy atom. The molecule has 1 aliphatic rings. The number of fused-ring (bicyclic) bond motifs is 1. The van der Waals surface area contributed by atoms with Crippen LogP contribution in [-0.4, -0.2) is 33.3 Å². The number of aromatic nitrogens is 2. The van der Waals surface area contributed by atoms with Crippen molar-refractivity contribution in [3.8, 4) is 0 Å². The third-order valence-electron chi connectivity index (χ3n) is 4.40. The minimum absolute atomic E-state index is 0.136. The van der Waals surface area contributed by atoms with Crippen molar-refractivity contribution in [2.75, 3.05) is 13.1 Å². The van der Waals surface area contributed by atoms with Crippen molar-refractivity contribution in [1.82, 2.24) is 14.3 Å². The number of likely N-dealkylation sites (tertiary alicyclic amines) is 1. The average Bonchev–Trinajstić information content (AvgIpc) is 2.86. The van der Waals surface area contributed by atoms with Crippen molar-refractivity contribution in [2.45, 2.75) is 40.0 Å². The molecule has 1 fully saturated rings. The molecule has 4 nitrogen and oxygen atoms in total. The largest absolute Gasteiger partial charge is 0.337 e. The van der Waals surface area contributed by atoms with E-state index in [1.54, 1.807) is 0 Å². The predicted molar refractivity (Wildman–Crippen MR) is 83.6 cm³/mol. The van der Waals surface area contributed by atoms with Gasteiger partial charge in [-0.15, -0.1) is 0 Å². The Kier molecular flexibility index (Phi) is 3.70. The predicted octanol–water partition coefficient (Wildman–Crippen LogP) is 3.08. The van der Waals surface area contributed by atoms with Gasteiger partial charge in [0.2, 0.25) is 0 Å². The highest BCUT2D eigenvalue weighted by Crippen LogP contribution is 2.22. The van der Waals surface area contributed by atoms with E-state index in [0.29, 0.717) is 5.92 Å². The lowest BCUT2D eigenvalue weighted by molar-refractivity contribution is 0.0675. The molecule has 1 aliphatic heterocycles. The molecule has 0 aliphatic carbocycles. The highest BCUT2D eigenvalue weighted by Gasteiger charge is 2.27. The standard InChI is InChI=1S/C17H23N3O/c1-4-14-15(17(21)19-9-5-7-12(2)11-19)20-10-6-8-13(3)16(20)18-14/h6,8,10,12H,4-5,7,9,11H2,1-3H3. The van der Waals surface area contributed by atoms with Gasteiger partial charge in [-0.2, -0.15) is 0 Å². The zero-order chi connectivity index (χ0) is 15.0. The highest BCUT2D eigenvalue weighted by atomic mass is 16.2. The van der Waals surface area contributed by atoms with E-state index in [1.165, 1.54) is 6.42 Å². The number of imidazole rings is 1. The van der Waals surface area contributed by atoms with Gasteiger partial charge in [-0.25, -0.2) is 4.98 Å². The van der Waals surface area contributed by atoms with Crippen LogP contribution in [0.5, 0.6) is 0 Å². The Morgan fingerprint density at radius 2 is 2.29 bits per heavy atom. The van der Waals surface area contributed by atoms with E-state index < -0.39 is 0 Å². The molecule has 0 radical (unpaired) electrons. The first kappa shape index (κ1) is 14.1. The van der Waals surface area contributed by atoms with Crippen molar-refractivity contribution < 1.29 is 4.79 Å². The van der Waals surface area contributed by atoms with Crippen LogP contribution in [0.4, 0.5) is 0 Å². The summed E-state index contributed by atoms with van der Waals surface area (Å²) in [5.74, 6) is 0.727. The number of rotatable bonds is 2. The molecule has 0 bridgehead atoms. The van der Waals surface area contributed by atoms with Gasteiger partial charge in [0.15, 0.2) is 0 Å². The molecule has 0 spiro atoms. The summed E-state index contributed by atoms with van der Waals surface area (Å²) in [6.45, 7) is 8.05. The fourth-order valence-electron chi connectivity index (χ4n) is 3.25. The van der Waals surface area contributed by atoms with Crippen LogP contribution in [0.25, 0.3) is 5.65 Å². The molecule has 1 amide bonds. The maximum absolute atomic E-state index is 13.0. The van der Waals surface area contributed by atoms with E-state index in [4.69, 9.17) is 0 Å². The Bertz CT molecular complexity index is 674. The molecule has 0 saturated carbocycles. The van der Waals surface area contributed by atoms with Crippen LogP contribution in [0.1, 0.15) is 48.4 Å². The van der Waals surface area contributed by atoms with Crippen molar-refractivity contribution in [1.29, 1.82) is 0 Å².